The largest absolute Gasteiger partial charge is 0.206 e. The fourth-order valence-electron chi connectivity index (χ4n) is 1.12. The predicted octanol–water partition coefficient (Wildman–Crippen LogP) is 5.94. The number of halogens is 1. The molecule has 0 amide bonds. The molecule has 0 bridgehead atoms. The molecular weight excluding hydrogens is 247 g/mol. The molecule has 0 aromatic rings. The summed E-state index contributed by atoms with van der Waals surface area (Å²) in [7, 11) is 0. The predicted molar refractivity (Wildman–Crippen MR) is 89.0 cm³/mol. The molecule has 0 aromatic heterocycles. The molecule has 0 aliphatic heterocycles. The SMILES string of the molecule is C=C/C=C\C(=C)C(=C)/C(F)=C\C(=C)C(=C)/C=C\C(=C)C. The lowest BCUT2D eigenvalue weighted by Crippen LogP contribution is -1.87. The molecule has 0 saturated carbocycles. The zero-order valence-corrected chi connectivity index (χ0v) is 12.1. The van der Waals surface area contributed by atoms with Gasteiger partial charge in [0.25, 0.3) is 0 Å². The summed E-state index contributed by atoms with van der Waals surface area (Å²) in [6.45, 7) is 24.1. The summed E-state index contributed by atoms with van der Waals surface area (Å²) in [5.74, 6) is -0.487. The fraction of sp³-hybridized carbons (Fsp3) is 0.0526. The van der Waals surface area contributed by atoms with E-state index in [1.165, 1.54) is 6.08 Å². The van der Waals surface area contributed by atoms with E-state index in [4.69, 9.17) is 0 Å². The average Bonchev–Trinajstić information content (AvgIpc) is 2.40. The highest BCUT2D eigenvalue weighted by Crippen LogP contribution is 2.22. The second kappa shape index (κ2) is 8.65. The molecular formula is C19H21F. The summed E-state index contributed by atoms with van der Waals surface area (Å²) >= 11 is 0. The van der Waals surface area contributed by atoms with Crippen LogP contribution in [0.1, 0.15) is 6.92 Å². The van der Waals surface area contributed by atoms with Crippen molar-refractivity contribution in [3.8, 4) is 0 Å². The molecule has 0 nitrogen and oxygen atoms in total. The van der Waals surface area contributed by atoms with Crippen molar-refractivity contribution in [3.05, 3.63) is 110 Å². The highest BCUT2D eigenvalue weighted by Gasteiger charge is 2.05. The molecule has 0 aliphatic rings. The van der Waals surface area contributed by atoms with Crippen LogP contribution in [0.25, 0.3) is 0 Å². The number of hydrogen-bond acceptors (Lipinski definition) is 0. The van der Waals surface area contributed by atoms with Crippen LogP contribution in [0, 0.1) is 0 Å². The Balaban J connectivity index is 4.92. The van der Waals surface area contributed by atoms with E-state index in [1.807, 2.05) is 6.92 Å². The van der Waals surface area contributed by atoms with E-state index in [-0.39, 0.29) is 5.57 Å². The fourth-order valence-corrected chi connectivity index (χ4v) is 1.12. The lowest BCUT2D eigenvalue weighted by molar-refractivity contribution is 0.655. The zero-order chi connectivity index (χ0) is 15.7. The Kier molecular flexibility index (Phi) is 7.61. The van der Waals surface area contributed by atoms with E-state index in [0.717, 1.165) is 5.57 Å². The summed E-state index contributed by atoms with van der Waals surface area (Å²) in [6.07, 6.45) is 9.72. The van der Waals surface area contributed by atoms with Gasteiger partial charge < -0.3 is 0 Å². The van der Waals surface area contributed by atoms with Crippen LogP contribution in [0.2, 0.25) is 0 Å². The van der Waals surface area contributed by atoms with Gasteiger partial charge in [0.15, 0.2) is 0 Å². The summed E-state index contributed by atoms with van der Waals surface area (Å²) in [6, 6.07) is 0. The third kappa shape index (κ3) is 6.50. The van der Waals surface area contributed by atoms with Gasteiger partial charge in [-0.2, -0.15) is 0 Å². The summed E-state index contributed by atoms with van der Waals surface area (Å²) in [4.78, 5) is 0. The lowest BCUT2D eigenvalue weighted by Gasteiger charge is -2.04. The molecule has 0 radical (unpaired) electrons. The third-order valence-corrected chi connectivity index (χ3v) is 2.39. The van der Waals surface area contributed by atoms with Gasteiger partial charge in [0.05, 0.1) is 0 Å². The normalized spacial score (nSPS) is 11.6. The average molecular weight is 268 g/mol. The molecule has 0 fully saturated rings. The van der Waals surface area contributed by atoms with Crippen molar-refractivity contribution < 1.29 is 4.39 Å². The highest BCUT2D eigenvalue weighted by atomic mass is 19.1. The highest BCUT2D eigenvalue weighted by molar-refractivity contribution is 5.52. The van der Waals surface area contributed by atoms with Crippen LogP contribution >= 0.6 is 0 Å². The Morgan fingerprint density at radius 1 is 0.850 bits per heavy atom. The van der Waals surface area contributed by atoms with Crippen molar-refractivity contribution in [2.45, 2.75) is 6.92 Å². The van der Waals surface area contributed by atoms with Gasteiger partial charge in [-0.05, 0) is 29.7 Å². The first kappa shape index (κ1) is 17.6. The second-order valence-corrected chi connectivity index (χ2v) is 4.32. The van der Waals surface area contributed by atoms with Gasteiger partial charge in [-0.25, -0.2) is 4.39 Å². The van der Waals surface area contributed by atoms with Gasteiger partial charge in [0.2, 0.25) is 0 Å². The Bertz CT molecular complexity index is 548. The standard InChI is InChI=1S/C19H21F/c1-8-9-10-16(5)18(7)19(20)13-17(6)15(4)12-11-14(2)3/h8-13H,1-2,4-7H2,3H3/b10-9-,12-11-,19-13+. The van der Waals surface area contributed by atoms with Crippen LogP contribution in [-0.2, 0) is 0 Å². The molecule has 0 aliphatic carbocycles. The van der Waals surface area contributed by atoms with Crippen molar-refractivity contribution in [2.75, 3.05) is 0 Å². The quantitative estimate of drug-likeness (QED) is 0.478. The van der Waals surface area contributed by atoms with Crippen LogP contribution in [0.3, 0.4) is 0 Å². The number of allylic oxidation sites excluding steroid dienone is 12. The maximum atomic E-state index is 14.0. The van der Waals surface area contributed by atoms with Crippen molar-refractivity contribution in [1.29, 1.82) is 0 Å². The molecule has 104 valence electrons. The molecule has 0 aromatic carbocycles. The molecule has 0 atom stereocenters. The Morgan fingerprint density at radius 2 is 1.45 bits per heavy atom. The minimum Gasteiger partial charge on any atom is -0.206 e. The van der Waals surface area contributed by atoms with Gasteiger partial charge in [-0.15, -0.1) is 0 Å². The smallest absolute Gasteiger partial charge is 0.131 e. The molecule has 0 heterocycles. The molecule has 0 unspecified atom stereocenters. The molecule has 20 heavy (non-hydrogen) atoms. The topological polar surface area (TPSA) is 0 Å². The summed E-state index contributed by atoms with van der Waals surface area (Å²) in [5.41, 5.74) is 2.66. The molecule has 0 saturated heterocycles. The van der Waals surface area contributed by atoms with Gasteiger partial charge in [-0.3, -0.25) is 0 Å². The monoisotopic (exact) mass is 268 g/mol. The van der Waals surface area contributed by atoms with Crippen molar-refractivity contribution >= 4 is 0 Å². The second-order valence-electron chi connectivity index (χ2n) is 4.32. The minimum atomic E-state index is -0.487. The number of hydrogen-bond donors (Lipinski definition) is 0. The van der Waals surface area contributed by atoms with Gasteiger partial charge >= 0.3 is 0 Å². The lowest BCUT2D eigenvalue weighted by atomic mass is 10.0. The zero-order valence-electron chi connectivity index (χ0n) is 12.1. The van der Waals surface area contributed by atoms with Gasteiger partial charge in [0, 0.05) is 5.57 Å². The maximum Gasteiger partial charge on any atom is 0.131 e. The van der Waals surface area contributed by atoms with Crippen molar-refractivity contribution in [1.82, 2.24) is 0 Å². The van der Waals surface area contributed by atoms with E-state index in [9.17, 15) is 4.39 Å². The van der Waals surface area contributed by atoms with E-state index < -0.39 is 5.83 Å². The van der Waals surface area contributed by atoms with Crippen LogP contribution < -0.4 is 0 Å². The van der Waals surface area contributed by atoms with Crippen molar-refractivity contribution in [3.63, 3.8) is 0 Å². The Labute approximate surface area is 121 Å². The van der Waals surface area contributed by atoms with E-state index in [1.54, 1.807) is 30.4 Å². The van der Waals surface area contributed by atoms with Crippen LogP contribution in [-0.4, -0.2) is 0 Å². The van der Waals surface area contributed by atoms with Gasteiger partial charge in [-0.1, -0.05) is 75.4 Å². The Morgan fingerprint density at radius 3 is 1.95 bits per heavy atom. The first-order valence-electron chi connectivity index (χ1n) is 6.06. The van der Waals surface area contributed by atoms with E-state index in [2.05, 4.69) is 39.5 Å². The van der Waals surface area contributed by atoms with Crippen LogP contribution in [0.15, 0.2) is 110 Å². The third-order valence-electron chi connectivity index (χ3n) is 2.39. The van der Waals surface area contributed by atoms with Crippen molar-refractivity contribution in [2.24, 2.45) is 0 Å². The summed E-state index contributed by atoms with van der Waals surface area (Å²) < 4.78 is 14.0. The van der Waals surface area contributed by atoms with E-state index in [0.29, 0.717) is 16.7 Å². The minimum absolute atomic E-state index is 0.209. The Hall–Kier alpha value is -2.41. The molecule has 0 rings (SSSR count). The van der Waals surface area contributed by atoms with Crippen LogP contribution in [0.4, 0.5) is 4.39 Å². The molecule has 1 heteroatoms. The van der Waals surface area contributed by atoms with Gasteiger partial charge in [0.1, 0.15) is 5.83 Å². The molecule has 0 spiro atoms. The number of rotatable bonds is 8. The summed E-state index contributed by atoms with van der Waals surface area (Å²) in [5, 5.41) is 0. The first-order valence-corrected chi connectivity index (χ1v) is 6.06. The van der Waals surface area contributed by atoms with E-state index >= 15 is 0 Å². The van der Waals surface area contributed by atoms with Crippen LogP contribution in [0.5, 0.6) is 0 Å². The first-order chi connectivity index (χ1) is 9.29. The molecule has 0 N–H and O–H groups in total. The maximum absolute atomic E-state index is 14.0.